The SMILES string of the molecule is CCCn1c(C)c(C(=O)OCC)c2c1-c1ccccc1C2=O. The fourth-order valence-electron chi connectivity index (χ4n) is 3.22. The van der Waals surface area contributed by atoms with Crippen molar-refractivity contribution in [2.45, 2.75) is 33.7 Å². The molecule has 0 aliphatic heterocycles. The van der Waals surface area contributed by atoms with E-state index in [1.54, 1.807) is 6.92 Å². The lowest BCUT2D eigenvalue weighted by molar-refractivity contribution is 0.0522. The highest BCUT2D eigenvalue weighted by Crippen LogP contribution is 2.41. The van der Waals surface area contributed by atoms with Crippen LogP contribution >= 0.6 is 0 Å². The summed E-state index contributed by atoms with van der Waals surface area (Å²) in [4.78, 5) is 25.1. The first-order chi connectivity index (χ1) is 10.6. The maximum Gasteiger partial charge on any atom is 0.340 e. The van der Waals surface area contributed by atoms with Crippen LogP contribution in [0.1, 0.15) is 52.2 Å². The molecule has 3 rings (SSSR count). The van der Waals surface area contributed by atoms with Crippen LogP contribution in [0.4, 0.5) is 0 Å². The Kier molecular flexibility index (Phi) is 3.61. The monoisotopic (exact) mass is 297 g/mol. The van der Waals surface area contributed by atoms with E-state index in [9.17, 15) is 9.59 Å². The predicted octanol–water partition coefficient (Wildman–Crippen LogP) is 3.59. The Labute approximate surface area is 129 Å². The topological polar surface area (TPSA) is 48.3 Å². The van der Waals surface area contributed by atoms with Crippen LogP contribution in [0.15, 0.2) is 24.3 Å². The molecular weight excluding hydrogens is 278 g/mol. The molecule has 1 aromatic carbocycles. The maximum absolute atomic E-state index is 12.8. The summed E-state index contributed by atoms with van der Waals surface area (Å²) in [7, 11) is 0. The predicted molar refractivity (Wildman–Crippen MR) is 84.3 cm³/mol. The van der Waals surface area contributed by atoms with Crippen LogP contribution in [0.25, 0.3) is 11.3 Å². The molecule has 0 unspecified atom stereocenters. The number of ketones is 1. The fraction of sp³-hybridized carbons (Fsp3) is 0.333. The Morgan fingerprint density at radius 2 is 1.86 bits per heavy atom. The largest absolute Gasteiger partial charge is 0.462 e. The van der Waals surface area contributed by atoms with E-state index in [0.717, 1.165) is 29.9 Å². The highest BCUT2D eigenvalue weighted by Gasteiger charge is 2.37. The van der Waals surface area contributed by atoms with Gasteiger partial charge in [0.15, 0.2) is 5.78 Å². The van der Waals surface area contributed by atoms with Crippen molar-refractivity contribution in [2.24, 2.45) is 0 Å². The molecule has 2 aromatic rings. The van der Waals surface area contributed by atoms with E-state index in [1.165, 1.54) is 0 Å². The van der Waals surface area contributed by atoms with Crippen LogP contribution in [0.2, 0.25) is 0 Å². The average Bonchev–Trinajstić information content (AvgIpc) is 2.95. The van der Waals surface area contributed by atoms with Gasteiger partial charge >= 0.3 is 5.97 Å². The lowest BCUT2D eigenvalue weighted by atomic mass is 10.1. The minimum absolute atomic E-state index is 0.0772. The number of benzene rings is 1. The number of carbonyl (C=O) groups is 2. The third-order valence-electron chi connectivity index (χ3n) is 4.10. The molecule has 0 saturated carbocycles. The van der Waals surface area contributed by atoms with Gasteiger partial charge in [0.2, 0.25) is 0 Å². The summed E-state index contributed by atoms with van der Waals surface area (Å²) < 4.78 is 7.24. The van der Waals surface area contributed by atoms with Crippen molar-refractivity contribution in [3.63, 3.8) is 0 Å². The molecule has 4 nitrogen and oxygen atoms in total. The maximum atomic E-state index is 12.8. The van der Waals surface area contributed by atoms with Crippen LogP contribution in [0.5, 0.6) is 0 Å². The van der Waals surface area contributed by atoms with Gasteiger partial charge in [-0.2, -0.15) is 0 Å². The van der Waals surface area contributed by atoms with E-state index in [0.29, 0.717) is 23.3 Å². The second-order valence-corrected chi connectivity index (χ2v) is 5.43. The Bertz CT molecular complexity index is 771. The summed E-state index contributed by atoms with van der Waals surface area (Å²) in [5.41, 5.74) is 4.19. The van der Waals surface area contributed by atoms with Crippen molar-refractivity contribution in [2.75, 3.05) is 6.61 Å². The van der Waals surface area contributed by atoms with Crippen LogP contribution in [0, 0.1) is 6.92 Å². The summed E-state index contributed by atoms with van der Waals surface area (Å²) in [6.45, 7) is 6.81. The van der Waals surface area contributed by atoms with Gasteiger partial charge in [-0.1, -0.05) is 31.2 Å². The number of nitrogens with zero attached hydrogens (tertiary/aromatic N) is 1. The van der Waals surface area contributed by atoms with Crippen LogP contribution in [0.3, 0.4) is 0 Å². The van der Waals surface area contributed by atoms with Crippen LogP contribution in [-0.4, -0.2) is 22.9 Å². The van der Waals surface area contributed by atoms with Gasteiger partial charge in [0.1, 0.15) is 0 Å². The van der Waals surface area contributed by atoms with Crippen molar-refractivity contribution >= 4 is 11.8 Å². The molecule has 22 heavy (non-hydrogen) atoms. The fourth-order valence-corrected chi connectivity index (χ4v) is 3.22. The quantitative estimate of drug-likeness (QED) is 0.691. The zero-order valence-corrected chi connectivity index (χ0v) is 13.1. The normalized spacial score (nSPS) is 12.2. The molecule has 0 spiro atoms. The third-order valence-corrected chi connectivity index (χ3v) is 4.10. The number of rotatable bonds is 4. The standard InChI is InChI=1S/C18H19NO3/c1-4-10-19-11(3)14(18(21)22-5-2)15-16(19)12-8-6-7-9-13(12)17(15)20/h6-9H,4-5,10H2,1-3H3. The van der Waals surface area contributed by atoms with Crippen molar-refractivity contribution in [1.82, 2.24) is 4.57 Å². The molecule has 0 amide bonds. The van der Waals surface area contributed by atoms with E-state index in [4.69, 9.17) is 4.74 Å². The molecule has 1 aliphatic rings. The Hall–Kier alpha value is -2.36. The number of hydrogen-bond acceptors (Lipinski definition) is 3. The number of ether oxygens (including phenoxy) is 1. The van der Waals surface area contributed by atoms with Gasteiger partial charge < -0.3 is 9.30 Å². The molecule has 0 bridgehead atoms. The first-order valence-corrected chi connectivity index (χ1v) is 7.66. The van der Waals surface area contributed by atoms with Gasteiger partial charge in [0.05, 0.1) is 23.4 Å². The minimum atomic E-state index is -0.410. The third kappa shape index (κ3) is 1.90. The molecule has 1 aromatic heterocycles. The van der Waals surface area contributed by atoms with Crippen molar-refractivity contribution in [1.29, 1.82) is 0 Å². The number of hydrogen-bond donors (Lipinski definition) is 0. The number of carbonyl (C=O) groups excluding carboxylic acids is 2. The number of esters is 1. The second-order valence-electron chi connectivity index (χ2n) is 5.43. The zero-order valence-electron chi connectivity index (χ0n) is 13.1. The van der Waals surface area contributed by atoms with Crippen molar-refractivity contribution < 1.29 is 14.3 Å². The minimum Gasteiger partial charge on any atom is -0.462 e. The number of aromatic nitrogens is 1. The van der Waals surface area contributed by atoms with E-state index >= 15 is 0 Å². The highest BCUT2D eigenvalue weighted by molar-refractivity contribution is 6.25. The van der Waals surface area contributed by atoms with E-state index < -0.39 is 5.97 Å². The summed E-state index contributed by atoms with van der Waals surface area (Å²) in [6, 6.07) is 7.53. The summed E-state index contributed by atoms with van der Waals surface area (Å²) in [6.07, 6.45) is 0.931. The lowest BCUT2D eigenvalue weighted by Gasteiger charge is -2.10. The first-order valence-electron chi connectivity index (χ1n) is 7.66. The van der Waals surface area contributed by atoms with E-state index in [-0.39, 0.29) is 5.78 Å². The number of fused-ring (bicyclic) bond motifs is 3. The molecule has 0 radical (unpaired) electrons. The summed E-state index contributed by atoms with van der Waals surface area (Å²) in [5, 5.41) is 0. The van der Waals surface area contributed by atoms with Gasteiger partial charge in [-0.15, -0.1) is 0 Å². The second kappa shape index (κ2) is 5.44. The van der Waals surface area contributed by atoms with Crippen molar-refractivity contribution in [3.8, 4) is 11.3 Å². The molecule has 0 fully saturated rings. The summed E-state index contributed by atoms with van der Waals surface area (Å²) in [5.74, 6) is -0.487. The van der Waals surface area contributed by atoms with Gasteiger partial charge in [-0.3, -0.25) is 4.79 Å². The van der Waals surface area contributed by atoms with Gasteiger partial charge in [-0.25, -0.2) is 4.79 Å². The zero-order chi connectivity index (χ0) is 15.9. The van der Waals surface area contributed by atoms with Gasteiger partial charge in [0, 0.05) is 23.4 Å². The molecule has 4 heteroatoms. The van der Waals surface area contributed by atoms with Gasteiger partial charge in [-0.05, 0) is 20.3 Å². The van der Waals surface area contributed by atoms with E-state index in [2.05, 4.69) is 11.5 Å². The van der Waals surface area contributed by atoms with E-state index in [1.807, 2.05) is 31.2 Å². The molecule has 0 atom stereocenters. The Balaban J connectivity index is 2.30. The molecule has 0 N–H and O–H groups in total. The van der Waals surface area contributed by atoms with Crippen LogP contribution < -0.4 is 0 Å². The average molecular weight is 297 g/mol. The molecule has 1 aliphatic carbocycles. The molecule has 114 valence electrons. The molecule has 0 saturated heterocycles. The first kappa shape index (κ1) is 14.6. The lowest BCUT2D eigenvalue weighted by Crippen LogP contribution is -2.11. The van der Waals surface area contributed by atoms with Crippen LogP contribution in [-0.2, 0) is 11.3 Å². The highest BCUT2D eigenvalue weighted by atomic mass is 16.5. The Morgan fingerprint density at radius 3 is 2.50 bits per heavy atom. The summed E-state index contributed by atoms with van der Waals surface area (Å²) >= 11 is 0. The molecular formula is C18H19NO3. The van der Waals surface area contributed by atoms with Crippen molar-refractivity contribution in [3.05, 3.63) is 46.6 Å². The Morgan fingerprint density at radius 1 is 1.18 bits per heavy atom. The molecule has 1 heterocycles. The smallest absolute Gasteiger partial charge is 0.340 e. The van der Waals surface area contributed by atoms with Gasteiger partial charge in [0.25, 0.3) is 0 Å².